The molecule has 6 nitrogen and oxygen atoms in total. The molecule has 0 aromatic heterocycles. The van der Waals surface area contributed by atoms with Crippen LogP contribution in [-0.2, 0) is 6.54 Å². The van der Waals surface area contributed by atoms with Crippen LogP contribution in [0.2, 0.25) is 0 Å². The average Bonchev–Trinajstić information content (AvgIpc) is 2.77. The Bertz CT molecular complexity index is 790. The molecule has 1 fully saturated rings. The van der Waals surface area contributed by atoms with Crippen molar-refractivity contribution in [2.45, 2.75) is 20.4 Å². The number of amides is 1. The summed E-state index contributed by atoms with van der Waals surface area (Å²) in [4.78, 5) is 17.4. The van der Waals surface area contributed by atoms with Crippen LogP contribution in [0.3, 0.4) is 0 Å². The Morgan fingerprint density at radius 1 is 0.900 bits per heavy atom. The number of hydrogen-bond acceptors (Lipinski definition) is 5. The highest BCUT2D eigenvalue weighted by Gasteiger charge is 2.17. The van der Waals surface area contributed by atoms with E-state index in [-0.39, 0.29) is 5.91 Å². The van der Waals surface area contributed by atoms with Gasteiger partial charge in [-0.15, -0.1) is 0 Å². The van der Waals surface area contributed by atoms with Crippen molar-refractivity contribution >= 4 is 5.91 Å². The molecule has 1 saturated heterocycles. The number of ether oxygens (including phenoxy) is 2. The van der Waals surface area contributed by atoms with Gasteiger partial charge in [0.15, 0.2) is 11.5 Å². The van der Waals surface area contributed by atoms with Gasteiger partial charge in [0.05, 0.1) is 13.2 Å². The fourth-order valence-electron chi connectivity index (χ4n) is 3.63. The van der Waals surface area contributed by atoms with Gasteiger partial charge in [0.1, 0.15) is 0 Å². The molecule has 3 rings (SSSR count). The molecule has 0 spiro atoms. The molecule has 0 radical (unpaired) electrons. The molecule has 2 aromatic carbocycles. The van der Waals surface area contributed by atoms with E-state index in [0.29, 0.717) is 36.8 Å². The summed E-state index contributed by atoms with van der Waals surface area (Å²) in [5.41, 5.74) is 1.95. The molecule has 1 heterocycles. The van der Waals surface area contributed by atoms with Crippen LogP contribution in [0.25, 0.3) is 0 Å². The van der Waals surface area contributed by atoms with Crippen LogP contribution in [0.15, 0.2) is 48.5 Å². The molecule has 0 bridgehead atoms. The Kier molecular flexibility index (Phi) is 8.53. The molecule has 162 valence electrons. The summed E-state index contributed by atoms with van der Waals surface area (Å²) in [6.07, 6.45) is 0. The van der Waals surface area contributed by atoms with Crippen LogP contribution in [0, 0.1) is 0 Å². The lowest BCUT2D eigenvalue weighted by Crippen LogP contribution is -2.48. The lowest BCUT2D eigenvalue weighted by Gasteiger charge is -2.34. The van der Waals surface area contributed by atoms with Gasteiger partial charge in [-0.2, -0.15) is 0 Å². The lowest BCUT2D eigenvalue weighted by molar-refractivity contribution is 0.0933. The predicted octanol–water partition coefficient (Wildman–Crippen LogP) is 3.03. The quantitative estimate of drug-likeness (QED) is 0.651. The minimum absolute atomic E-state index is 0.0817. The molecule has 0 unspecified atom stereocenters. The van der Waals surface area contributed by atoms with E-state index in [1.54, 1.807) is 18.2 Å². The van der Waals surface area contributed by atoms with Crippen LogP contribution in [0.4, 0.5) is 0 Å². The average molecular weight is 412 g/mol. The van der Waals surface area contributed by atoms with Gasteiger partial charge in [-0.05, 0) is 37.6 Å². The maximum Gasteiger partial charge on any atom is 0.251 e. The molecule has 6 heteroatoms. The second-order valence-electron chi connectivity index (χ2n) is 7.39. The highest BCUT2D eigenvalue weighted by Crippen LogP contribution is 2.28. The third kappa shape index (κ3) is 6.47. The summed E-state index contributed by atoms with van der Waals surface area (Å²) in [6, 6.07) is 15.9. The number of nitrogens with zero attached hydrogens (tertiary/aromatic N) is 2. The van der Waals surface area contributed by atoms with E-state index in [2.05, 4.69) is 45.4 Å². The largest absolute Gasteiger partial charge is 0.490 e. The zero-order valence-corrected chi connectivity index (χ0v) is 18.1. The van der Waals surface area contributed by atoms with Crippen LogP contribution >= 0.6 is 0 Å². The number of piperazine rings is 1. The van der Waals surface area contributed by atoms with Gasteiger partial charge in [-0.25, -0.2) is 0 Å². The van der Waals surface area contributed by atoms with Crippen molar-refractivity contribution in [2.75, 3.05) is 52.5 Å². The Balaban J connectivity index is 1.41. The summed E-state index contributed by atoms with van der Waals surface area (Å²) < 4.78 is 11.2. The van der Waals surface area contributed by atoms with E-state index >= 15 is 0 Å². The summed E-state index contributed by atoms with van der Waals surface area (Å²) in [5, 5.41) is 3.03. The first-order valence-corrected chi connectivity index (χ1v) is 10.9. The zero-order valence-electron chi connectivity index (χ0n) is 18.1. The molecular weight excluding hydrogens is 378 g/mol. The molecule has 0 saturated carbocycles. The molecular formula is C24H33N3O3. The van der Waals surface area contributed by atoms with E-state index in [4.69, 9.17) is 9.47 Å². The van der Waals surface area contributed by atoms with Crippen molar-refractivity contribution in [1.29, 1.82) is 0 Å². The molecule has 1 aliphatic rings. The number of hydrogen-bond donors (Lipinski definition) is 1. The van der Waals surface area contributed by atoms with Gasteiger partial charge < -0.3 is 14.8 Å². The first-order valence-electron chi connectivity index (χ1n) is 10.9. The van der Waals surface area contributed by atoms with Crippen molar-refractivity contribution in [3.05, 3.63) is 59.7 Å². The number of nitrogens with one attached hydrogen (secondary N) is 1. The molecule has 1 amide bonds. The third-order valence-corrected chi connectivity index (χ3v) is 5.23. The Morgan fingerprint density at radius 3 is 2.27 bits per heavy atom. The van der Waals surface area contributed by atoms with E-state index in [9.17, 15) is 4.79 Å². The lowest BCUT2D eigenvalue weighted by atomic mass is 10.2. The number of benzene rings is 2. The Morgan fingerprint density at radius 2 is 1.57 bits per heavy atom. The molecule has 0 aliphatic carbocycles. The van der Waals surface area contributed by atoms with Crippen LogP contribution in [0.1, 0.15) is 29.8 Å². The maximum absolute atomic E-state index is 12.5. The number of carbonyl (C=O) groups excluding carboxylic acids is 1. The second-order valence-corrected chi connectivity index (χ2v) is 7.39. The predicted molar refractivity (Wildman–Crippen MR) is 119 cm³/mol. The van der Waals surface area contributed by atoms with Gasteiger partial charge in [-0.1, -0.05) is 30.3 Å². The SMILES string of the molecule is CCOc1ccc(C(=O)NCCN2CCN(Cc3ccccc3)CC2)cc1OCC. The van der Waals surface area contributed by atoms with Crippen molar-refractivity contribution < 1.29 is 14.3 Å². The van der Waals surface area contributed by atoms with E-state index in [0.717, 1.165) is 39.3 Å². The summed E-state index contributed by atoms with van der Waals surface area (Å²) >= 11 is 0. The Hall–Kier alpha value is -2.57. The first-order chi connectivity index (χ1) is 14.7. The van der Waals surface area contributed by atoms with Crippen molar-refractivity contribution in [1.82, 2.24) is 15.1 Å². The highest BCUT2D eigenvalue weighted by atomic mass is 16.5. The van der Waals surface area contributed by atoms with Crippen LogP contribution in [0.5, 0.6) is 11.5 Å². The molecule has 30 heavy (non-hydrogen) atoms. The fraction of sp³-hybridized carbons (Fsp3) is 0.458. The molecule has 0 atom stereocenters. The zero-order chi connectivity index (χ0) is 21.2. The van der Waals surface area contributed by atoms with Crippen LogP contribution < -0.4 is 14.8 Å². The summed E-state index contributed by atoms with van der Waals surface area (Å²) in [5.74, 6) is 1.20. The number of rotatable bonds is 10. The first kappa shape index (κ1) is 22.1. The van der Waals surface area contributed by atoms with E-state index in [1.165, 1.54) is 5.56 Å². The van der Waals surface area contributed by atoms with Crippen molar-refractivity contribution in [3.8, 4) is 11.5 Å². The van der Waals surface area contributed by atoms with Gasteiger partial charge in [0, 0.05) is 51.4 Å². The second kappa shape index (κ2) is 11.6. The van der Waals surface area contributed by atoms with Crippen LogP contribution in [-0.4, -0.2) is 68.2 Å². The standard InChI is InChI=1S/C24H33N3O3/c1-3-29-22-11-10-21(18-23(22)30-4-2)24(28)25-12-13-26-14-16-27(17-15-26)19-20-8-6-5-7-9-20/h5-11,18H,3-4,12-17,19H2,1-2H3,(H,25,28). The van der Waals surface area contributed by atoms with Gasteiger partial charge in [0.2, 0.25) is 0 Å². The van der Waals surface area contributed by atoms with Crippen molar-refractivity contribution in [2.24, 2.45) is 0 Å². The Labute approximate surface area is 179 Å². The van der Waals surface area contributed by atoms with Gasteiger partial charge in [0.25, 0.3) is 5.91 Å². The fourth-order valence-corrected chi connectivity index (χ4v) is 3.63. The van der Waals surface area contributed by atoms with Crippen molar-refractivity contribution in [3.63, 3.8) is 0 Å². The molecule has 1 N–H and O–H groups in total. The summed E-state index contributed by atoms with van der Waals surface area (Å²) in [7, 11) is 0. The number of carbonyl (C=O) groups is 1. The summed E-state index contributed by atoms with van der Waals surface area (Å²) in [6.45, 7) is 11.6. The maximum atomic E-state index is 12.5. The highest BCUT2D eigenvalue weighted by molar-refractivity contribution is 5.94. The van der Waals surface area contributed by atoms with E-state index in [1.807, 2.05) is 13.8 Å². The third-order valence-electron chi connectivity index (χ3n) is 5.23. The van der Waals surface area contributed by atoms with Gasteiger partial charge >= 0.3 is 0 Å². The molecule has 2 aromatic rings. The van der Waals surface area contributed by atoms with Gasteiger partial charge in [-0.3, -0.25) is 14.6 Å². The van der Waals surface area contributed by atoms with E-state index < -0.39 is 0 Å². The molecule has 1 aliphatic heterocycles. The smallest absolute Gasteiger partial charge is 0.251 e. The normalized spacial score (nSPS) is 15.0. The monoisotopic (exact) mass is 411 g/mol. The topological polar surface area (TPSA) is 54.0 Å². The minimum Gasteiger partial charge on any atom is -0.490 e. The minimum atomic E-state index is -0.0817.